The Morgan fingerprint density at radius 1 is 1.31 bits per heavy atom. The SMILES string of the molecule is Cc1csc(-c2ccc3c(c2)CCCS3)n1. The van der Waals surface area contributed by atoms with Crippen LogP contribution >= 0.6 is 23.1 Å². The number of hydrogen-bond acceptors (Lipinski definition) is 3. The normalized spacial score (nSPS) is 14.8. The summed E-state index contributed by atoms with van der Waals surface area (Å²) in [5.41, 5.74) is 3.90. The van der Waals surface area contributed by atoms with E-state index >= 15 is 0 Å². The maximum atomic E-state index is 4.54. The van der Waals surface area contributed by atoms with E-state index in [1.165, 1.54) is 34.6 Å². The van der Waals surface area contributed by atoms with E-state index < -0.39 is 0 Å². The Hall–Kier alpha value is -0.800. The summed E-state index contributed by atoms with van der Waals surface area (Å²) in [5.74, 6) is 1.27. The Morgan fingerprint density at radius 2 is 2.25 bits per heavy atom. The van der Waals surface area contributed by atoms with Gasteiger partial charge in [0.05, 0.1) is 0 Å². The molecule has 1 aliphatic heterocycles. The predicted molar refractivity (Wildman–Crippen MR) is 71.3 cm³/mol. The van der Waals surface area contributed by atoms with Crippen LogP contribution in [0.3, 0.4) is 0 Å². The molecule has 16 heavy (non-hydrogen) atoms. The first kappa shape index (κ1) is 10.4. The smallest absolute Gasteiger partial charge is 0.123 e. The number of rotatable bonds is 1. The minimum atomic E-state index is 1.12. The van der Waals surface area contributed by atoms with Gasteiger partial charge in [0.2, 0.25) is 0 Å². The maximum absolute atomic E-state index is 4.54. The molecule has 0 bridgehead atoms. The molecule has 2 aromatic rings. The van der Waals surface area contributed by atoms with E-state index in [4.69, 9.17) is 0 Å². The van der Waals surface area contributed by atoms with Gasteiger partial charge >= 0.3 is 0 Å². The van der Waals surface area contributed by atoms with Gasteiger partial charge in [0, 0.05) is 21.5 Å². The second kappa shape index (κ2) is 4.22. The first-order valence-corrected chi connectivity index (χ1v) is 7.38. The molecule has 0 atom stereocenters. The van der Waals surface area contributed by atoms with Crippen LogP contribution in [0.1, 0.15) is 17.7 Å². The molecule has 1 aromatic carbocycles. The van der Waals surface area contributed by atoms with E-state index in [-0.39, 0.29) is 0 Å². The molecular formula is C13H13NS2. The molecule has 1 aromatic heterocycles. The summed E-state index contributed by atoms with van der Waals surface area (Å²) in [6.45, 7) is 2.05. The van der Waals surface area contributed by atoms with Gasteiger partial charge in [-0.1, -0.05) is 6.07 Å². The lowest BCUT2D eigenvalue weighted by molar-refractivity contribution is 0.890. The first-order chi connectivity index (χ1) is 7.83. The minimum absolute atomic E-state index is 1.12. The van der Waals surface area contributed by atoms with E-state index in [0.717, 1.165) is 10.7 Å². The van der Waals surface area contributed by atoms with Crippen LogP contribution in [0.2, 0.25) is 0 Å². The van der Waals surface area contributed by atoms with Crippen molar-refractivity contribution in [3.63, 3.8) is 0 Å². The lowest BCUT2D eigenvalue weighted by atomic mass is 10.1. The van der Waals surface area contributed by atoms with Crippen molar-refractivity contribution < 1.29 is 0 Å². The molecule has 0 fully saturated rings. The van der Waals surface area contributed by atoms with Crippen LogP contribution in [0.5, 0.6) is 0 Å². The quantitative estimate of drug-likeness (QED) is 0.750. The van der Waals surface area contributed by atoms with E-state index in [0.29, 0.717) is 0 Å². The number of benzene rings is 1. The molecule has 0 unspecified atom stereocenters. The van der Waals surface area contributed by atoms with Crippen molar-refractivity contribution in [2.24, 2.45) is 0 Å². The zero-order chi connectivity index (χ0) is 11.0. The van der Waals surface area contributed by atoms with Crippen molar-refractivity contribution in [3.05, 3.63) is 34.8 Å². The van der Waals surface area contributed by atoms with Crippen molar-refractivity contribution in [1.82, 2.24) is 4.98 Å². The van der Waals surface area contributed by atoms with Crippen LogP contribution in [0, 0.1) is 6.92 Å². The second-order valence-corrected chi connectivity index (χ2v) is 6.06. The molecule has 2 heterocycles. The van der Waals surface area contributed by atoms with Crippen LogP contribution in [0.15, 0.2) is 28.5 Å². The Balaban J connectivity index is 2.02. The van der Waals surface area contributed by atoms with Gasteiger partial charge in [-0.25, -0.2) is 4.98 Å². The summed E-state index contributed by atoms with van der Waals surface area (Å²) in [7, 11) is 0. The molecule has 0 aliphatic carbocycles. The van der Waals surface area contributed by atoms with Crippen molar-refractivity contribution in [2.45, 2.75) is 24.7 Å². The number of aryl methyl sites for hydroxylation is 2. The number of aromatic nitrogens is 1. The molecular weight excluding hydrogens is 234 g/mol. The van der Waals surface area contributed by atoms with Gasteiger partial charge in [0.15, 0.2) is 0 Å². The van der Waals surface area contributed by atoms with Gasteiger partial charge in [-0.05, 0) is 43.2 Å². The fourth-order valence-electron chi connectivity index (χ4n) is 1.98. The zero-order valence-corrected chi connectivity index (χ0v) is 10.8. The second-order valence-electron chi connectivity index (χ2n) is 4.07. The van der Waals surface area contributed by atoms with Crippen molar-refractivity contribution >= 4 is 23.1 Å². The van der Waals surface area contributed by atoms with Gasteiger partial charge in [0.25, 0.3) is 0 Å². The standard InChI is InChI=1S/C13H13NS2/c1-9-8-16-13(14-9)11-4-5-12-10(7-11)3-2-6-15-12/h4-5,7-8H,2-3,6H2,1H3. The molecule has 1 nitrogen and oxygen atoms in total. The summed E-state index contributed by atoms with van der Waals surface area (Å²) in [4.78, 5) is 6.00. The predicted octanol–water partition coefficient (Wildman–Crippen LogP) is 4.16. The summed E-state index contributed by atoms with van der Waals surface area (Å²) in [6, 6.07) is 6.78. The minimum Gasteiger partial charge on any atom is -0.241 e. The van der Waals surface area contributed by atoms with E-state index in [1.807, 2.05) is 18.7 Å². The van der Waals surface area contributed by atoms with Crippen LogP contribution in [-0.2, 0) is 6.42 Å². The third-order valence-corrected chi connectivity index (χ3v) is 4.99. The highest BCUT2D eigenvalue weighted by atomic mass is 32.2. The Morgan fingerprint density at radius 3 is 3.06 bits per heavy atom. The van der Waals surface area contributed by atoms with E-state index in [1.54, 1.807) is 11.3 Å². The first-order valence-electron chi connectivity index (χ1n) is 5.51. The Bertz CT molecular complexity index is 516. The Labute approximate surface area is 104 Å². The molecule has 0 spiro atoms. The van der Waals surface area contributed by atoms with Gasteiger partial charge in [-0.15, -0.1) is 23.1 Å². The average Bonchev–Trinajstić information content (AvgIpc) is 2.75. The molecule has 0 N–H and O–H groups in total. The maximum Gasteiger partial charge on any atom is 0.123 e. The summed E-state index contributed by atoms with van der Waals surface area (Å²) in [6.07, 6.45) is 2.53. The third-order valence-electron chi connectivity index (χ3n) is 2.77. The number of thioether (sulfide) groups is 1. The number of nitrogens with zero attached hydrogens (tertiary/aromatic N) is 1. The lowest BCUT2D eigenvalue weighted by Crippen LogP contribution is -1.98. The van der Waals surface area contributed by atoms with Crippen LogP contribution in [-0.4, -0.2) is 10.7 Å². The fourth-order valence-corrected chi connectivity index (χ4v) is 3.79. The molecule has 0 radical (unpaired) electrons. The topological polar surface area (TPSA) is 12.9 Å². The van der Waals surface area contributed by atoms with Crippen LogP contribution < -0.4 is 0 Å². The van der Waals surface area contributed by atoms with Crippen molar-refractivity contribution in [3.8, 4) is 10.6 Å². The molecule has 0 amide bonds. The van der Waals surface area contributed by atoms with E-state index in [2.05, 4.69) is 28.6 Å². The van der Waals surface area contributed by atoms with Gasteiger partial charge in [-0.2, -0.15) is 0 Å². The van der Waals surface area contributed by atoms with Gasteiger partial charge in [-0.3, -0.25) is 0 Å². The number of thiazole rings is 1. The number of fused-ring (bicyclic) bond motifs is 1. The third kappa shape index (κ3) is 1.89. The van der Waals surface area contributed by atoms with Gasteiger partial charge < -0.3 is 0 Å². The molecule has 0 saturated carbocycles. The highest BCUT2D eigenvalue weighted by molar-refractivity contribution is 7.99. The highest BCUT2D eigenvalue weighted by Gasteiger charge is 2.11. The fraction of sp³-hybridized carbons (Fsp3) is 0.308. The van der Waals surface area contributed by atoms with E-state index in [9.17, 15) is 0 Å². The zero-order valence-electron chi connectivity index (χ0n) is 9.19. The monoisotopic (exact) mass is 247 g/mol. The number of hydrogen-bond donors (Lipinski definition) is 0. The average molecular weight is 247 g/mol. The molecule has 3 rings (SSSR count). The highest BCUT2D eigenvalue weighted by Crippen LogP contribution is 2.33. The summed E-state index contributed by atoms with van der Waals surface area (Å²) < 4.78 is 0. The summed E-state index contributed by atoms with van der Waals surface area (Å²) >= 11 is 3.72. The van der Waals surface area contributed by atoms with Crippen molar-refractivity contribution in [1.29, 1.82) is 0 Å². The molecule has 82 valence electrons. The molecule has 0 saturated heterocycles. The lowest BCUT2D eigenvalue weighted by Gasteiger charge is -2.15. The Kier molecular flexibility index (Phi) is 2.74. The van der Waals surface area contributed by atoms with Gasteiger partial charge in [0.1, 0.15) is 5.01 Å². The molecule has 3 heteroatoms. The molecule has 1 aliphatic rings. The largest absolute Gasteiger partial charge is 0.241 e. The van der Waals surface area contributed by atoms with Crippen molar-refractivity contribution in [2.75, 3.05) is 5.75 Å². The van der Waals surface area contributed by atoms with Crippen LogP contribution in [0.4, 0.5) is 0 Å². The summed E-state index contributed by atoms with van der Waals surface area (Å²) in [5, 5.41) is 3.26. The van der Waals surface area contributed by atoms with Crippen LogP contribution in [0.25, 0.3) is 10.6 Å².